The van der Waals surface area contributed by atoms with Gasteiger partial charge in [0.15, 0.2) is 0 Å². The number of carboxylic acid groups (broad SMARTS) is 1. The van der Waals surface area contributed by atoms with E-state index in [1.54, 1.807) is 39.6 Å². The molecule has 0 bridgehead atoms. The van der Waals surface area contributed by atoms with Crippen molar-refractivity contribution in [2.24, 2.45) is 7.05 Å². The van der Waals surface area contributed by atoms with E-state index in [0.29, 0.717) is 68.0 Å². The SMILES string of the molecule is Cn1cc(-c2cn3ncc(C#N)c3c(-c3ccc(N4CCN(C(=O)C5(C)CCCN5C(=O)O)CC4)nc3)n2)cn1. The van der Waals surface area contributed by atoms with Crippen LogP contribution in [-0.4, -0.2) is 94.5 Å². The lowest BCUT2D eigenvalue weighted by Crippen LogP contribution is -2.60. The Kier molecular flexibility index (Phi) is 6.10. The molecule has 4 aromatic rings. The van der Waals surface area contributed by atoms with Crippen molar-refractivity contribution >= 4 is 23.3 Å². The molecule has 13 heteroatoms. The number of aromatic nitrogens is 6. The highest BCUT2D eigenvalue weighted by Crippen LogP contribution is 2.32. The van der Waals surface area contributed by atoms with Gasteiger partial charge in [-0.1, -0.05) is 0 Å². The van der Waals surface area contributed by atoms with Crippen molar-refractivity contribution in [3.63, 3.8) is 0 Å². The van der Waals surface area contributed by atoms with Gasteiger partial charge in [0.25, 0.3) is 0 Å². The normalized spacial score (nSPS) is 19.3. The van der Waals surface area contributed by atoms with E-state index in [1.165, 1.54) is 11.1 Å². The maximum Gasteiger partial charge on any atom is 0.408 e. The number of hydrogen-bond donors (Lipinski definition) is 1. The van der Waals surface area contributed by atoms with Crippen molar-refractivity contribution in [3.8, 4) is 28.6 Å². The van der Waals surface area contributed by atoms with Gasteiger partial charge in [0.1, 0.15) is 28.5 Å². The Balaban J connectivity index is 1.22. The molecular formula is C27H28N10O3. The molecule has 13 nitrogen and oxygen atoms in total. The predicted molar refractivity (Wildman–Crippen MR) is 144 cm³/mol. The van der Waals surface area contributed by atoms with E-state index < -0.39 is 11.6 Å². The zero-order valence-electron chi connectivity index (χ0n) is 22.2. The average molecular weight is 541 g/mol. The van der Waals surface area contributed by atoms with Crippen LogP contribution in [-0.2, 0) is 11.8 Å². The summed E-state index contributed by atoms with van der Waals surface area (Å²) >= 11 is 0. The molecule has 0 aromatic carbocycles. The first-order chi connectivity index (χ1) is 19.3. The molecule has 2 aliphatic heterocycles. The fourth-order valence-electron chi connectivity index (χ4n) is 5.67. The standard InChI is InChI=1S/C27H28N10O3/c1-27(6-3-7-36(27)26(39)40)25(38)35-10-8-34(9-11-35)22-5-4-18(13-29-22)23-24-19(12-28)14-31-37(24)17-21(32-23)20-15-30-33(2)16-20/h4-5,13-17H,3,6-11H2,1-2H3,(H,39,40). The largest absolute Gasteiger partial charge is 0.465 e. The van der Waals surface area contributed by atoms with Crippen molar-refractivity contribution in [1.82, 2.24) is 39.2 Å². The van der Waals surface area contributed by atoms with Crippen LogP contribution in [0.15, 0.2) is 43.1 Å². The van der Waals surface area contributed by atoms with Crippen LogP contribution < -0.4 is 4.90 Å². The van der Waals surface area contributed by atoms with Crippen molar-refractivity contribution < 1.29 is 14.7 Å². The second kappa shape index (κ2) is 9.64. The van der Waals surface area contributed by atoms with Gasteiger partial charge in [-0.2, -0.15) is 15.5 Å². The molecule has 204 valence electrons. The molecular weight excluding hydrogens is 512 g/mol. The molecule has 0 radical (unpaired) electrons. The number of nitrogens with zero attached hydrogens (tertiary/aromatic N) is 10. The van der Waals surface area contributed by atoms with Crippen molar-refractivity contribution in [2.75, 3.05) is 37.6 Å². The molecule has 1 atom stereocenters. The Labute approximate surface area is 229 Å². The van der Waals surface area contributed by atoms with Crippen molar-refractivity contribution in [1.29, 1.82) is 5.26 Å². The summed E-state index contributed by atoms with van der Waals surface area (Å²) in [6.45, 7) is 4.26. The molecule has 6 rings (SSSR count). The lowest BCUT2D eigenvalue weighted by Gasteiger charge is -2.41. The van der Waals surface area contributed by atoms with Gasteiger partial charge < -0.3 is 14.9 Å². The Morgan fingerprint density at radius 3 is 2.48 bits per heavy atom. The Hall–Kier alpha value is -4.99. The van der Waals surface area contributed by atoms with Crippen LogP contribution in [0.25, 0.3) is 28.0 Å². The average Bonchev–Trinajstić information content (AvgIpc) is 3.70. The second-order valence-corrected chi connectivity index (χ2v) is 10.3. The van der Waals surface area contributed by atoms with Crippen LogP contribution in [0.3, 0.4) is 0 Å². The summed E-state index contributed by atoms with van der Waals surface area (Å²) < 4.78 is 3.36. The number of aryl methyl sites for hydroxylation is 1. The number of likely N-dealkylation sites (tertiary alicyclic amines) is 1. The molecule has 0 spiro atoms. The summed E-state index contributed by atoms with van der Waals surface area (Å²) in [4.78, 5) is 39.7. The number of fused-ring (bicyclic) bond motifs is 1. The number of amides is 2. The maximum absolute atomic E-state index is 13.3. The molecule has 2 aliphatic rings. The molecule has 1 unspecified atom stereocenters. The number of pyridine rings is 1. The van der Waals surface area contributed by atoms with Gasteiger partial charge in [0, 0.05) is 63.3 Å². The number of piperazine rings is 1. The lowest BCUT2D eigenvalue weighted by atomic mass is 9.96. The van der Waals surface area contributed by atoms with E-state index in [2.05, 4.69) is 21.2 Å². The number of rotatable bonds is 4. The van der Waals surface area contributed by atoms with Gasteiger partial charge in [-0.3, -0.25) is 14.4 Å². The summed E-state index contributed by atoms with van der Waals surface area (Å²) in [7, 11) is 1.84. The van der Waals surface area contributed by atoms with E-state index in [4.69, 9.17) is 9.97 Å². The number of nitriles is 1. The molecule has 6 heterocycles. The molecule has 40 heavy (non-hydrogen) atoms. The molecule has 2 saturated heterocycles. The topological polar surface area (TPSA) is 149 Å². The highest BCUT2D eigenvalue weighted by molar-refractivity contribution is 5.90. The third-order valence-electron chi connectivity index (χ3n) is 7.86. The molecule has 0 aliphatic carbocycles. The number of hydrogen-bond acceptors (Lipinski definition) is 8. The molecule has 2 fully saturated rings. The lowest BCUT2D eigenvalue weighted by molar-refractivity contribution is -0.141. The fourth-order valence-corrected chi connectivity index (χ4v) is 5.67. The van der Waals surface area contributed by atoms with Gasteiger partial charge in [0.2, 0.25) is 5.91 Å². The van der Waals surface area contributed by atoms with Crippen molar-refractivity contribution in [3.05, 3.63) is 48.7 Å². The maximum atomic E-state index is 13.3. The molecule has 1 N–H and O–H groups in total. The summed E-state index contributed by atoms with van der Waals surface area (Å²) in [6.07, 6.45) is 8.81. The Bertz CT molecular complexity index is 1650. The summed E-state index contributed by atoms with van der Waals surface area (Å²) in [6, 6.07) is 6.03. The van der Waals surface area contributed by atoms with E-state index in [0.717, 1.165) is 16.9 Å². The van der Waals surface area contributed by atoms with Gasteiger partial charge in [-0.25, -0.2) is 19.3 Å². The molecule has 0 saturated carbocycles. The van der Waals surface area contributed by atoms with Gasteiger partial charge in [0.05, 0.1) is 30.0 Å². The summed E-state index contributed by atoms with van der Waals surface area (Å²) in [5.74, 6) is 0.636. The van der Waals surface area contributed by atoms with Crippen LogP contribution in [0.1, 0.15) is 25.3 Å². The van der Waals surface area contributed by atoms with Gasteiger partial charge in [-0.05, 0) is 31.9 Å². The predicted octanol–water partition coefficient (Wildman–Crippen LogP) is 2.24. The van der Waals surface area contributed by atoms with Crippen LogP contribution >= 0.6 is 0 Å². The molecule has 2 amide bonds. The van der Waals surface area contributed by atoms with Gasteiger partial charge in [-0.15, -0.1) is 0 Å². The minimum absolute atomic E-state index is 0.131. The third-order valence-corrected chi connectivity index (χ3v) is 7.86. The van der Waals surface area contributed by atoms with E-state index >= 15 is 0 Å². The van der Waals surface area contributed by atoms with E-state index in [-0.39, 0.29) is 5.91 Å². The van der Waals surface area contributed by atoms with Crippen LogP contribution in [0, 0.1) is 11.3 Å². The van der Waals surface area contributed by atoms with Gasteiger partial charge >= 0.3 is 6.09 Å². The first-order valence-electron chi connectivity index (χ1n) is 13.1. The molecule has 4 aromatic heterocycles. The monoisotopic (exact) mass is 540 g/mol. The van der Waals surface area contributed by atoms with Crippen LogP contribution in [0.2, 0.25) is 0 Å². The van der Waals surface area contributed by atoms with E-state index in [1.807, 2.05) is 25.4 Å². The van der Waals surface area contributed by atoms with E-state index in [9.17, 15) is 20.0 Å². The zero-order chi connectivity index (χ0) is 28.0. The summed E-state index contributed by atoms with van der Waals surface area (Å²) in [5.41, 5.74) is 2.85. The Morgan fingerprint density at radius 2 is 1.82 bits per heavy atom. The highest BCUT2D eigenvalue weighted by atomic mass is 16.4. The number of carbonyl (C=O) groups excluding carboxylic acids is 1. The minimum Gasteiger partial charge on any atom is -0.465 e. The number of anilines is 1. The second-order valence-electron chi connectivity index (χ2n) is 10.3. The minimum atomic E-state index is -1.05. The first-order valence-corrected chi connectivity index (χ1v) is 13.1. The quantitative estimate of drug-likeness (QED) is 0.411. The first kappa shape index (κ1) is 25.3. The zero-order valence-corrected chi connectivity index (χ0v) is 22.2. The van der Waals surface area contributed by atoms with Crippen molar-refractivity contribution in [2.45, 2.75) is 25.3 Å². The highest BCUT2D eigenvalue weighted by Gasteiger charge is 2.48. The van der Waals surface area contributed by atoms with Crippen LogP contribution in [0.5, 0.6) is 0 Å². The fraction of sp³-hybridized carbons (Fsp3) is 0.370. The summed E-state index contributed by atoms with van der Waals surface area (Å²) in [5, 5.41) is 27.8. The Morgan fingerprint density at radius 1 is 1.02 bits per heavy atom. The smallest absolute Gasteiger partial charge is 0.408 e. The van der Waals surface area contributed by atoms with Crippen LogP contribution in [0.4, 0.5) is 10.6 Å². The third kappa shape index (κ3) is 4.17. The number of carbonyl (C=O) groups is 2.